The first-order valence-corrected chi connectivity index (χ1v) is 7.58. The van der Waals surface area contributed by atoms with Crippen LogP contribution in [0.5, 0.6) is 5.75 Å². The van der Waals surface area contributed by atoms with E-state index in [-0.39, 0.29) is 17.7 Å². The van der Waals surface area contributed by atoms with Gasteiger partial charge >= 0.3 is 6.36 Å². The van der Waals surface area contributed by atoms with Gasteiger partial charge in [-0.15, -0.1) is 13.2 Å². The van der Waals surface area contributed by atoms with E-state index < -0.39 is 6.36 Å². The maximum Gasteiger partial charge on any atom is 0.573 e. The first-order valence-electron chi connectivity index (χ1n) is 7.58. The summed E-state index contributed by atoms with van der Waals surface area (Å²) in [7, 11) is 0. The number of nitrogens with zero attached hydrogens (tertiary/aromatic N) is 1. The lowest BCUT2D eigenvalue weighted by Crippen LogP contribution is -2.49. The largest absolute Gasteiger partial charge is 0.573 e. The Morgan fingerprint density at radius 2 is 2.17 bits per heavy atom. The molecule has 1 fully saturated rings. The molecule has 7 heteroatoms. The number of hydrogen-bond donors (Lipinski definition) is 1. The molecule has 0 aliphatic carbocycles. The lowest BCUT2D eigenvalue weighted by atomic mass is 9.93. The second kappa shape index (κ2) is 7.21. The molecular formula is C16H21F3N2O2. The van der Waals surface area contributed by atoms with Crippen LogP contribution in [0, 0.1) is 5.92 Å². The van der Waals surface area contributed by atoms with Crippen molar-refractivity contribution in [3.05, 3.63) is 29.8 Å². The first kappa shape index (κ1) is 17.6. The highest BCUT2D eigenvalue weighted by Gasteiger charge is 2.31. The van der Waals surface area contributed by atoms with E-state index in [4.69, 9.17) is 0 Å². The van der Waals surface area contributed by atoms with Crippen LogP contribution in [-0.4, -0.2) is 36.3 Å². The van der Waals surface area contributed by atoms with E-state index in [1.165, 1.54) is 12.1 Å². The maximum atomic E-state index is 12.2. The maximum absolute atomic E-state index is 12.2. The fraction of sp³-hybridized carbons (Fsp3) is 0.562. The van der Waals surface area contributed by atoms with E-state index in [9.17, 15) is 18.0 Å². The summed E-state index contributed by atoms with van der Waals surface area (Å²) in [5.74, 6) is 0.158. The van der Waals surface area contributed by atoms with Crippen molar-refractivity contribution < 1.29 is 22.7 Å². The molecular weight excluding hydrogens is 309 g/mol. The summed E-state index contributed by atoms with van der Waals surface area (Å²) < 4.78 is 40.6. The lowest BCUT2D eigenvalue weighted by molar-refractivity contribution is -0.274. The Bertz CT molecular complexity index is 548. The molecule has 0 unspecified atom stereocenters. The zero-order valence-electron chi connectivity index (χ0n) is 13.2. The third kappa shape index (κ3) is 5.42. The van der Waals surface area contributed by atoms with Gasteiger partial charge in [0.15, 0.2) is 0 Å². The van der Waals surface area contributed by atoms with Crippen molar-refractivity contribution in [2.75, 3.05) is 13.1 Å². The van der Waals surface area contributed by atoms with Gasteiger partial charge < -0.3 is 15.0 Å². The van der Waals surface area contributed by atoms with Gasteiger partial charge in [-0.1, -0.05) is 19.1 Å². The lowest BCUT2D eigenvalue weighted by Gasteiger charge is -2.37. The summed E-state index contributed by atoms with van der Waals surface area (Å²) >= 11 is 0. The van der Waals surface area contributed by atoms with Crippen LogP contribution in [-0.2, 0) is 11.3 Å². The van der Waals surface area contributed by atoms with E-state index >= 15 is 0 Å². The molecule has 0 aromatic heterocycles. The van der Waals surface area contributed by atoms with Crippen molar-refractivity contribution in [3.8, 4) is 5.75 Å². The number of piperidine rings is 1. The van der Waals surface area contributed by atoms with Crippen molar-refractivity contribution in [2.45, 2.75) is 39.2 Å². The van der Waals surface area contributed by atoms with Gasteiger partial charge in [0, 0.05) is 32.6 Å². The number of rotatable bonds is 4. The predicted octanol–water partition coefficient (Wildman–Crippen LogP) is 2.93. The van der Waals surface area contributed by atoms with E-state index in [2.05, 4.69) is 17.0 Å². The number of alkyl halides is 3. The normalized spacial score (nSPS) is 22.0. The molecule has 1 amide bonds. The van der Waals surface area contributed by atoms with Crippen molar-refractivity contribution >= 4 is 5.91 Å². The van der Waals surface area contributed by atoms with E-state index in [1.807, 2.05) is 4.90 Å². The van der Waals surface area contributed by atoms with Crippen molar-refractivity contribution in [3.63, 3.8) is 0 Å². The molecule has 1 heterocycles. The van der Waals surface area contributed by atoms with Crippen molar-refractivity contribution in [1.29, 1.82) is 0 Å². The van der Waals surface area contributed by atoms with Gasteiger partial charge in [-0.25, -0.2) is 0 Å². The molecule has 1 N–H and O–H groups in total. The Hall–Kier alpha value is -1.76. The Kier molecular flexibility index (Phi) is 5.51. The average molecular weight is 330 g/mol. The van der Waals surface area contributed by atoms with Crippen LogP contribution >= 0.6 is 0 Å². The molecule has 23 heavy (non-hydrogen) atoms. The highest BCUT2D eigenvalue weighted by atomic mass is 19.4. The summed E-state index contributed by atoms with van der Waals surface area (Å²) in [4.78, 5) is 13.2. The number of halogens is 3. The van der Waals surface area contributed by atoms with Crippen LogP contribution in [0.25, 0.3) is 0 Å². The second-order valence-corrected chi connectivity index (χ2v) is 5.91. The standard InChI is InChI=1S/C16H21F3N2O2/c1-11-10-21(12(2)22)7-6-15(11)20-9-13-4-3-5-14(8-13)23-16(17,18)19/h3-5,8,11,15,20H,6-7,9-10H2,1-2H3/t11-,15-/m1/s1. The minimum absolute atomic E-state index is 0.0762. The molecule has 2 rings (SSSR count). The zero-order valence-corrected chi connectivity index (χ0v) is 13.2. The molecule has 1 aliphatic rings. The fourth-order valence-corrected chi connectivity index (χ4v) is 2.84. The van der Waals surface area contributed by atoms with Crippen LogP contribution in [0.15, 0.2) is 24.3 Å². The smallest absolute Gasteiger partial charge is 0.406 e. The number of carbonyl (C=O) groups excluding carboxylic acids is 1. The Balaban J connectivity index is 1.89. The number of ether oxygens (including phenoxy) is 1. The SMILES string of the molecule is CC(=O)N1CC[C@@H](NCc2cccc(OC(F)(F)F)c2)[C@H](C)C1. The minimum atomic E-state index is -4.68. The topological polar surface area (TPSA) is 41.6 Å². The third-order valence-corrected chi connectivity index (χ3v) is 4.05. The van der Waals surface area contributed by atoms with Gasteiger partial charge in [0.05, 0.1) is 0 Å². The molecule has 0 saturated carbocycles. The van der Waals surface area contributed by atoms with Crippen LogP contribution in [0.1, 0.15) is 25.8 Å². The van der Waals surface area contributed by atoms with Gasteiger partial charge in [0.25, 0.3) is 0 Å². The van der Waals surface area contributed by atoms with E-state index in [1.54, 1.807) is 19.1 Å². The zero-order chi connectivity index (χ0) is 17.0. The second-order valence-electron chi connectivity index (χ2n) is 5.91. The van der Waals surface area contributed by atoms with Gasteiger partial charge in [0.1, 0.15) is 5.75 Å². The molecule has 1 aliphatic heterocycles. The summed E-state index contributed by atoms with van der Waals surface area (Å²) in [6, 6.07) is 6.20. The molecule has 0 bridgehead atoms. The van der Waals surface area contributed by atoms with Gasteiger partial charge in [0.2, 0.25) is 5.91 Å². The number of amides is 1. The minimum Gasteiger partial charge on any atom is -0.406 e. The molecule has 1 aromatic rings. The van der Waals surface area contributed by atoms with Crippen LogP contribution in [0.2, 0.25) is 0 Å². The van der Waals surface area contributed by atoms with Crippen LogP contribution < -0.4 is 10.1 Å². The number of benzene rings is 1. The highest BCUT2D eigenvalue weighted by molar-refractivity contribution is 5.73. The number of hydrogen-bond acceptors (Lipinski definition) is 3. The van der Waals surface area contributed by atoms with Crippen molar-refractivity contribution in [1.82, 2.24) is 10.2 Å². The van der Waals surface area contributed by atoms with Crippen LogP contribution in [0.3, 0.4) is 0 Å². The van der Waals surface area contributed by atoms with Gasteiger partial charge in [-0.2, -0.15) is 0 Å². The van der Waals surface area contributed by atoms with E-state index in [0.29, 0.717) is 25.6 Å². The quantitative estimate of drug-likeness (QED) is 0.923. The molecule has 1 saturated heterocycles. The fourth-order valence-electron chi connectivity index (χ4n) is 2.84. The summed E-state index contributed by atoms with van der Waals surface area (Å²) in [5, 5.41) is 3.36. The van der Waals surface area contributed by atoms with Crippen LogP contribution in [0.4, 0.5) is 13.2 Å². The first-order chi connectivity index (χ1) is 10.7. The molecule has 2 atom stereocenters. The molecule has 4 nitrogen and oxygen atoms in total. The average Bonchev–Trinajstić information content (AvgIpc) is 2.44. The summed E-state index contributed by atoms with van der Waals surface area (Å²) in [6.45, 7) is 5.49. The Morgan fingerprint density at radius 3 is 2.78 bits per heavy atom. The number of carbonyl (C=O) groups is 1. The molecule has 0 radical (unpaired) electrons. The van der Waals surface area contributed by atoms with Crippen molar-refractivity contribution in [2.24, 2.45) is 5.92 Å². The van der Waals surface area contributed by atoms with E-state index in [0.717, 1.165) is 12.0 Å². The number of likely N-dealkylation sites (tertiary alicyclic amines) is 1. The molecule has 1 aromatic carbocycles. The molecule has 128 valence electrons. The predicted molar refractivity (Wildman–Crippen MR) is 79.8 cm³/mol. The Labute approximate surface area is 133 Å². The summed E-state index contributed by atoms with van der Waals surface area (Å²) in [5.41, 5.74) is 0.730. The third-order valence-electron chi connectivity index (χ3n) is 4.05. The van der Waals surface area contributed by atoms with Gasteiger partial charge in [-0.05, 0) is 30.0 Å². The monoisotopic (exact) mass is 330 g/mol. The van der Waals surface area contributed by atoms with Gasteiger partial charge in [-0.3, -0.25) is 4.79 Å². The number of nitrogens with one attached hydrogen (secondary N) is 1. The summed E-state index contributed by atoms with van der Waals surface area (Å²) in [6.07, 6.45) is -3.85. The Morgan fingerprint density at radius 1 is 1.43 bits per heavy atom. The molecule has 0 spiro atoms. The highest BCUT2D eigenvalue weighted by Crippen LogP contribution is 2.24.